The highest BCUT2D eigenvalue weighted by molar-refractivity contribution is 5.79. The Balaban J connectivity index is 2.76. The van der Waals surface area contributed by atoms with Crippen LogP contribution in [0.2, 0.25) is 0 Å². The van der Waals surface area contributed by atoms with Crippen molar-refractivity contribution in [3.63, 3.8) is 0 Å². The number of aromatic nitrogens is 4. The number of fused-ring (bicyclic) bond motifs is 1. The van der Waals surface area contributed by atoms with Gasteiger partial charge in [0.15, 0.2) is 11.2 Å². The molecule has 0 amide bonds. The maximum atomic E-state index is 6.12. The third-order valence-electron chi connectivity index (χ3n) is 4.08. The Morgan fingerprint density at radius 3 is 2.37 bits per heavy atom. The lowest BCUT2D eigenvalue weighted by Crippen LogP contribution is -2.32. The fourth-order valence-corrected chi connectivity index (χ4v) is 2.73. The maximum absolute atomic E-state index is 6.12. The van der Waals surface area contributed by atoms with Crippen LogP contribution >= 0.6 is 0 Å². The van der Waals surface area contributed by atoms with Crippen LogP contribution in [0, 0.1) is 0 Å². The minimum absolute atomic E-state index is 0.0573. The van der Waals surface area contributed by atoms with Crippen molar-refractivity contribution >= 4 is 17.1 Å². The van der Waals surface area contributed by atoms with Crippen molar-refractivity contribution in [3.05, 3.63) is 6.33 Å². The van der Waals surface area contributed by atoms with E-state index in [0.29, 0.717) is 17.3 Å². The molecule has 2 rings (SSSR count). The highest BCUT2D eigenvalue weighted by Gasteiger charge is 2.31. The molecule has 19 heavy (non-hydrogen) atoms. The molecule has 0 bridgehead atoms. The molecule has 6 nitrogen and oxygen atoms in total. The van der Waals surface area contributed by atoms with Crippen molar-refractivity contribution in [3.8, 4) is 5.88 Å². The minimum Gasteiger partial charge on any atom is -0.479 e. The number of imidazole rings is 1. The van der Waals surface area contributed by atoms with E-state index in [1.807, 2.05) is 4.57 Å². The summed E-state index contributed by atoms with van der Waals surface area (Å²) in [6.07, 6.45) is 4.41. The summed E-state index contributed by atoms with van der Waals surface area (Å²) in [5.41, 5.74) is 7.43. The highest BCUT2D eigenvalue weighted by Crippen LogP contribution is 2.35. The van der Waals surface area contributed by atoms with E-state index in [9.17, 15) is 0 Å². The zero-order chi connectivity index (χ0) is 14.0. The number of nitrogens with two attached hydrogens (primary N) is 1. The fourth-order valence-electron chi connectivity index (χ4n) is 2.73. The van der Waals surface area contributed by atoms with Crippen molar-refractivity contribution in [2.24, 2.45) is 0 Å². The molecule has 0 fully saturated rings. The standard InChI is InChI=1S/C13H21N5O/c1-5-13(6-2,7-3)18-10-9(17-12(18)14)11(19-4)16-8-15-10/h8H,5-7H2,1-4H3,(H2,14,17). The lowest BCUT2D eigenvalue weighted by atomic mass is 9.89. The van der Waals surface area contributed by atoms with Gasteiger partial charge in [-0.1, -0.05) is 20.8 Å². The molecular formula is C13H21N5O. The van der Waals surface area contributed by atoms with Gasteiger partial charge in [0, 0.05) is 5.54 Å². The van der Waals surface area contributed by atoms with Crippen molar-refractivity contribution in [1.29, 1.82) is 0 Å². The molecule has 0 spiro atoms. The molecule has 2 N–H and O–H groups in total. The Morgan fingerprint density at radius 2 is 1.84 bits per heavy atom. The smallest absolute Gasteiger partial charge is 0.245 e. The first-order chi connectivity index (χ1) is 9.13. The predicted molar refractivity (Wildman–Crippen MR) is 75.1 cm³/mol. The molecule has 2 heterocycles. The maximum Gasteiger partial charge on any atom is 0.245 e. The summed E-state index contributed by atoms with van der Waals surface area (Å²) in [7, 11) is 1.57. The Kier molecular flexibility index (Phi) is 3.59. The van der Waals surface area contributed by atoms with E-state index < -0.39 is 0 Å². The summed E-state index contributed by atoms with van der Waals surface area (Å²) in [4.78, 5) is 12.8. The van der Waals surface area contributed by atoms with Crippen LogP contribution in [0.3, 0.4) is 0 Å². The molecule has 0 atom stereocenters. The first kappa shape index (κ1) is 13.6. The summed E-state index contributed by atoms with van der Waals surface area (Å²) >= 11 is 0. The molecule has 0 saturated carbocycles. The second-order valence-electron chi connectivity index (χ2n) is 4.65. The lowest BCUT2D eigenvalue weighted by molar-refractivity contribution is 0.261. The topological polar surface area (TPSA) is 78.9 Å². The molecule has 0 aliphatic rings. The number of nitrogen functional groups attached to an aromatic ring is 1. The normalized spacial score (nSPS) is 12.0. The van der Waals surface area contributed by atoms with E-state index in [2.05, 4.69) is 35.7 Å². The third-order valence-corrected chi connectivity index (χ3v) is 4.08. The van der Waals surface area contributed by atoms with Gasteiger partial charge in [-0.05, 0) is 19.3 Å². The number of ether oxygens (including phenoxy) is 1. The first-order valence-corrected chi connectivity index (χ1v) is 6.66. The summed E-state index contributed by atoms with van der Waals surface area (Å²) in [6, 6.07) is 0. The lowest BCUT2D eigenvalue weighted by Gasteiger charge is -2.33. The number of methoxy groups -OCH3 is 1. The van der Waals surface area contributed by atoms with Gasteiger partial charge in [-0.2, -0.15) is 4.98 Å². The predicted octanol–water partition coefficient (Wildman–Crippen LogP) is 2.34. The molecule has 0 unspecified atom stereocenters. The van der Waals surface area contributed by atoms with Gasteiger partial charge in [-0.25, -0.2) is 9.97 Å². The van der Waals surface area contributed by atoms with Crippen LogP contribution in [0.1, 0.15) is 40.0 Å². The van der Waals surface area contributed by atoms with Gasteiger partial charge in [-0.3, -0.25) is 4.57 Å². The van der Waals surface area contributed by atoms with Crippen LogP contribution < -0.4 is 10.5 Å². The van der Waals surface area contributed by atoms with E-state index >= 15 is 0 Å². The van der Waals surface area contributed by atoms with Crippen LogP contribution in [0.5, 0.6) is 5.88 Å². The van der Waals surface area contributed by atoms with Gasteiger partial charge >= 0.3 is 0 Å². The second-order valence-corrected chi connectivity index (χ2v) is 4.65. The molecule has 0 aliphatic carbocycles. The second kappa shape index (κ2) is 5.03. The van der Waals surface area contributed by atoms with Gasteiger partial charge in [0.2, 0.25) is 11.8 Å². The quantitative estimate of drug-likeness (QED) is 0.895. The molecule has 6 heteroatoms. The van der Waals surface area contributed by atoms with E-state index in [-0.39, 0.29) is 5.54 Å². The Hall–Kier alpha value is -1.85. The molecule has 104 valence electrons. The first-order valence-electron chi connectivity index (χ1n) is 6.66. The van der Waals surface area contributed by atoms with Crippen molar-refractivity contribution in [2.75, 3.05) is 12.8 Å². The number of nitrogens with zero attached hydrogens (tertiary/aromatic N) is 4. The summed E-state index contributed by atoms with van der Waals surface area (Å²) in [5, 5.41) is 0. The minimum atomic E-state index is -0.0573. The number of rotatable bonds is 5. The van der Waals surface area contributed by atoms with E-state index in [1.165, 1.54) is 6.33 Å². The van der Waals surface area contributed by atoms with Gasteiger partial charge < -0.3 is 10.5 Å². The molecule has 2 aromatic heterocycles. The molecule has 0 aliphatic heterocycles. The van der Waals surface area contributed by atoms with Crippen LogP contribution in [-0.4, -0.2) is 26.6 Å². The van der Waals surface area contributed by atoms with Gasteiger partial charge in [0.1, 0.15) is 6.33 Å². The number of hydrogen-bond donors (Lipinski definition) is 1. The summed E-state index contributed by atoms with van der Waals surface area (Å²) in [5.74, 6) is 0.937. The largest absolute Gasteiger partial charge is 0.479 e. The average molecular weight is 263 g/mol. The highest BCUT2D eigenvalue weighted by atomic mass is 16.5. The summed E-state index contributed by atoms with van der Waals surface area (Å²) < 4.78 is 7.26. The van der Waals surface area contributed by atoms with E-state index in [0.717, 1.165) is 24.9 Å². The van der Waals surface area contributed by atoms with Gasteiger partial charge in [0.25, 0.3) is 0 Å². The van der Waals surface area contributed by atoms with Crippen molar-refractivity contribution in [2.45, 2.75) is 45.6 Å². The molecule has 2 aromatic rings. The van der Waals surface area contributed by atoms with Crippen LogP contribution in [0.15, 0.2) is 6.33 Å². The van der Waals surface area contributed by atoms with Gasteiger partial charge in [0.05, 0.1) is 7.11 Å². The van der Waals surface area contributed by atoms with Crippen molar-refractivity contribution in [1.82, 2.24) is 19.5 Å². The third kappa shape index (κ3) is 1.91. The van der Waals surface area contributed by atoms with E-state index in [4.69, 9.17) is 10.5 Å². The van der Waals surface area contributed by atoms with Crippen molar-refractivity contribution < 1.29 is 4.74 Å². The monoisotopic (exact) mass is 263 g/mol. The van der Waals surface area contributed by atoms with Crippen LogP contribution in [-0.2, 0) is 5.54 Å². The molecule has 0 saturated heterocycles. The van der Waals surface area contributed by atoms with Crippen LogP contribution in [0.25, 0.3) is 11.2 Å². The zero-order valence-electron chi connectivity index (χ0n) is 12.0. The Labute approximate surface area is 113 Å². The Bertz CT molecular complexity index is 565. The fraction of sp³-hybridized carbons (Fsp3) is 0.615. The molecular weight excluding hydrogens is 242 g/mol. The molecule has 0 aromatic carbocycles. The Morgan fingerprint density at radius 1 is 1.21 bits per heavy atom. The van der Waals surface area contributed by atoms with Gasteiger partial charge in [-0.15, -0.1) is 0 Å². The van der Waals surface area contributed by atoms with E-state index in [1.54, 1.807) is 7.11 Å². The number of anilines is 1. The molecule has 0 radical (unpaired) electrons. The summed E-state index contributed by atoms with van der Waals surface area (Å²) in [6.45, 7) is 6.49. The average Bonchev–Trinajstić information content (AvgIpc) is 2.79. The number of hydrogen-bond acceptors (Lipinski definition) is 5. The SMILES string of the molecule is CCC(CC)(CC)n1c(N)nc2c(OC)ncnc21. The zero-order valence-corrected chi connectivity index (χ0v) is 12.0. The van der Waals surface area contributed by atoms with Crippen LogP contribution in [0.4, 0.5) is 5.95 Å².